The Morgan fingerprint density at radius 1 is 1.42 bits per heavy atom. The first-order valence-electron chi connectivity index (χ1n) is 6.78. The molecule has 0 saturated carbocycles. The van der Waals surface area contributed by atoms with Crippen molar-refractivity contribution >= 4 is 15.9 Å². The van der Waals surface area contributed by atoms with Crippen molar-refractivity contribution in [1.82, 2.24) is 0 Å². The Morgan fingerprint density at radius 2 is 2.11 bits per heavy atom. The number of rotatable bonds is 3. The maximum atomic E-state index is 9.12. The van der Waals surface area contributed by atoms with Crippen LogP contribution < -0.4 is 0 Å². The van der Waals surface area contributed by atoms with Gasteiger partial charge in [-0.25, -0.2) is 0 Å². The monoisotopic (exact) mass is 321 g/mol. The van der Waals surface area contributed by atoms with Crippen LogP contribution in [0.2, 0.25) is 0 Å². The number of nitriles is 1. The minimum atomic E-state index is -0.0635. The van der Waals surface area contributed by atoms with Crippen molar-refractivity contribution in [2.24, 2.45) is 5.92 Å². The van der Waals surface area contributed by atoms with Crippen molar-refractivity contribution in [2.75, 3.05) is 6.61 Å². The largest absolute Gasteiger partial charge is 0.376 e. The van der Waals surface area contributed by atoms with Crippen LogP contribution >= 0.6 is 15.9 Å². The van der Waals surface area contributed by atoms with E-state index < -0.39 is 0 Å². The molecule has 0 spiro atoms. The molecule has 0 N–H and O–H groups in total. The molecular weight excluding hydrogens is 302 g/mol. The number of benzene rings is 1. The summed E-state index contributed by atoms with van der Waals surface area (Å²) in [6, 6.07) is 10.7. The van der Waals surface area contributed by atoms with Crippen LogP contribution in [0.3, 0.4) is 0 Å². The Kier molecular flexibility index (Phi) is 4.65. The maximum Gasteiger partial charge on any atom is 0.0629 e. The average molecular weight is 322 g/mol. The summed E-state index contributed by atoms with van der Waals surface area (Å²) in [5.74, 6) is 0.853. The molecule has 1 saturated heterocycles. The van der Waals surface area contributed by atoms with Crippen molar-refractivity contribution in [3.8, 4) is 6.07 Å². The van der Waals surface area contributed by atoms with Gasteiger partial charge in [0.15, 0.2) is 0 Å². The molecule has 2 atom stereocenters. The van der Waals surface area contributed by atoms with Crippen LogP contribution in [-0.4, -0.2) is 12.2 Å². The first-order chi connectivity index (χ1) is 9.02. The minimum Gasteiger partial charge on any atom is -0.376 e. The van der Waals surface area contributed by atoms with Crippen LogP contribution in [0.1, 0.15) is 44.6 Å². The molecule has 102 valence electrons. The molecule has 0 radical (unpaired) electrons. The zero-order chi connectivity index (χ0) is 13.9. The van der Waals surface area contributed by atoms with Crippen molar-refractivity contribution in [1.29, 1.82) is 5.26 Å². The van der Waals surface area contributed by atoms with Gasteiger partial charge in [-0.3, -0.25) is 0 Å². The van der Waals surface area contributed by atoms with Crippen LogP contribution in [0.15, 0.2) is 28.7 Å². The molecule has 2 rings (SSSR count). The molecule has 0 aromatic heterocycles. The highest BCUT2D eigenvalue weighted by Crippen LogP contribution is 2.39. The van der Waals surface area contributed by atoms with Crippen LogP contribution in [0.25, 0.3) is 0 Å². The van der Waals surface area contributed by atoms with Gasteiger partial charge in [-0.2, -0.15) is 5.26 Å². The van der Waals surface area contributed by atoms with E-state index in [-0.39, 0.29) is 5.60 Å². The first-order valence-corrected chi connectivity index (χ1v) is 7.57. The molecule has 0 aliphatic carbocycles. The number of ether oxygens (including phenoxy) is 1. The first kappa shape index (κ1) is 14.6. The van der Waals surface area contributed by atoms with Crippen molar-refractivity contribution in [2.45, 2.75) is 44.6 Å². The Morgan fingerprint density at radius 3 is 2.68 bits per heavy atom. The quantitative estimate of drug-likeness (QED) is 0.811. The van der Waals surface area contributed by atoms with Gasteiger partial charge in [-0.05, 0) is 56.2 Å². The third-order valence-electron chi connectivity index (χ3n) is 3.91. The van der Waals surface area contributed by atoms with Gasteiger partial charge in [-0.15, -0.1) is 0 Å². The van der Waals surface area contributed by atoms with Crippen molar-refractivity contribution < 1.29 is 4.74 Å². The number of hydrogen-bond donors (Lipinski definition) is 0. The van der Waals surface area contributed by atoms with Gasteiger partial charge in [0, 0.05) is 17.5 Å². The lowest BCUT2D eigenvalue weighted by atomic mass is 9.75. The predicted molar refractivity (Wildman–Crippen MR) is 79.9 cm³/mol. The second kappa shape index (κ2) is 6.07. The smallest absolute Gasteiger partial charge is 0.0629 e. The molecule has 1 aliphatic rings. The van der Waals surface area contributed by atoms with Crippen LogP contribution in [0, 0.1) is 17.2 Å². The fourth-order valence-electron chi connectivity index (χ4n) is 2.99. The predicted octanol–water partition coefficient (Wildman–Crippen LogP) is 4.65. The summed E-state index contributed by atoms with van der Waals surface area (Å²) in [4.78, 5) is 0. The van der Waals surface area contributed by atoms with Gasteiger partial charge in [-0.1, -0.05) is 28.1 Å². The Hall–Kier alpha value is -0.850. The van der Waals surface area contributed by atoms with E-state index in [0.717, 1.165) is 23.9 Å². The van der Waals surface area contributed by atoms with E-state index in [1.165, 1.54) is 5.56 Å². The molecule has 1 aliphatic heterocycles. The molecule has 3 heteroatoms. The van der Waals surface area contributed by atoms with E-state index in [4.69, 9.17) is 10.00 Å². The molecular formula is C16H20BrNO. The summed E-state index contributed by atoms with van der Waals surface area (Å²) in [5.41, 5.74) is 1.21. The average Bonchev–Trinajstić information content (AvgIpc) is 2.36. The van der Waals surface area contributed by atoms with Gasteiger partial charge in [0.2, 0.25) is 0 Å². The Bertz CT molecular complexity index is 461. The van der Waals surface area contributed by atoms with Gasteiger partial charge < -0.3 is 4.74 Å². The van der Waals surface area contributed by atoms with Gasteiger partial charge in [0.05, 0.1) is 11.7 Å². The molecule has 0 bridgehead atoms. The second-order valence-electron chi connectivity index (χ2n) is 5.88. The van der Waals surface area contributed by atoms with E-state index in [2.05, 4.69) is 60.1 Å². The minimum absolute atomic E-state index is 0.0635. The van der Waals surface area contributed by atoms with Gasteiger partial charge in [0.25, 0.3) is 0 Å². The van der Waals surface area contributed by atoms with E-state index in [1.807, 2.05) is 0 Å². The van der Waals surface area contributed by atoms with Crippen LogP contribution in [-0.2, 0) is 4.74 Å². The lowest BCUT2D eigenvalue weighted by Crippen LogP contribution is -2.36. The van der Waals surface area contributed by atoms with Crippen molar-refractivity contribution in [3.05, 3.63) is 34.3 Å². The second-order valence-corrected chi connectivity index (χ2v) is 6.80. The highest BCUT2D eigenvalue weighted by Gasteiger charge is 2.33. The number of halogens is 1. The van der Waals surface area contributed by atoms with Crippen molar-refractivity contribution in [3.63, 3.8) is 0 Å². The molecule has 1 unspecified atom stereocenters. The fourth-order valence-corrected chi connectivity index (χ4v) is 3.25. The lowest BCUT2D eigenvalue weighted by molar-refractivity contribution is -0.0766. The lowest BCUT2D eigenvalue weighted by Gasteiger charge is -2.39. The molecule has 1 aromatic carbocycles. The molecule has 1 fully saturated rings. The highest BCUT2D eigenvalue weighted by molar-refractivity contribution is 9.10. The molecule has 19 heavy (non-hydrogen) atoms. The van der Waals surface area contributed by atoms with Crippen LogP contribution in [0.5, 0.6) is 0 Å². The SMILES string of the molecule is CC1(C)C[C@@H](C(CC#N)c2ccc(Br)cc2)CCO1. The molecule has 1 aromatic rings. The summed E-state index contributed by atoms with van der Waals surface area (Å²) < 4.78 is 6.87. The summed E-state index contributed by atoms with van der Waals surface area (Å²) in [7, 11) is 0. The summed E-state index contributed by atoms with van der Waals surface area (Å²) in [5, 5.41) is 9.12. The molecule has 0 amide bonds. The molecule has 2 nitrogen and oxygen atoms in total. The normalized spacial score (nSPS) is 23.6. The van der Waals surface area contributed by atoms with E-state index in [1.54, 1.807) is 0 Å². The van der Waals surface area contributed by atoms with Gasteiger partial charge >= 0.3 is 0 Å². The fraction of sp³-hybridized carbons (Fsp3) is 0.562. The third kappa shape index (κ3) is 3.81. The summed E-state index contributed by atoms with van der Waals surface area (Å²) in [6.45, 7) is 5.09. The summed E-state index contributed by atoms with van der Waals surface area (Å²) in [6.07, 6.45) is 2.66. The Labute approximate surface area is 123 Å². The number of hydrogen-bond acceptors (Lipinski definition) is 2. The van der Waals surface area contributed by atoms with Gasteiger partial charge in [0.1, 0.15) is 0 Å². The standard InChI is InChI=1S/C16H20BrNO/c1-16(2)11-13(8-10-19-16)15(7-9-18)12-3-5-14(17)6-4-12/h3-6,13,15H,7-8,10-11H2,1-2H3/t13-,15?/m0/s1. The van der Waals surface area contributed by atoms with Crippen LogP contribution in [0.4, 0.5) is 0 Å². The zero-order valence-corrected chi connectivity index (χ0v) is 13.1. The van der Waals surface area contributed by atoms with E-state index in [9.17, 15) is 0 Å². The number of nitrogens with zero attached hydrogens (tertiary/aromatic N) is 1. The summed E-state index contributed by atoms with van der Waals surface area (Å²) >= 11 is 3.46. The maximum absolute atomic E-state index is 9.12. The topological polar surface area (TPSA) is 33.0 Å². The highest BCUT2D eigenvalue weighted by atomic mass is 79.9. The third-order valence-corrected chi connectivity index (χ3v) is 4.44. The molecule has 1 heterocycles. The van der Waals surface area contributed by atoms with E-state index >= 15 is 0 Å². The zero-order valence-electron chi connectivity index (χ0n) is 11.5. The van der Waals surface area contributed by atoms with E-state index in [0.29, 0.717) is 18.3 Å². The Balaban J connectivity index is 2.20.